The molecular weight excluding hydrogens is 138 g/mol. The van der Waals surface area contributed by atoms with Gasteiger partial charge in [-0.3, -0.25) is 0 Å². The average molecular weight is 142 g/mol. The third-order valence-electron chi connectivity index (χ3n) is 1.47. The van der Waals surface area contributed by atoms with Crippen LogP contribution in [0.2, 0.25) is 0 Å². The lowest BCUT2D eigenvalue weighted by Crippen LogP contribution is -1.78. The summed E-state index contributed by atoms with van der Waals surface area (Å²) in [5.74, 6) is 2.52. The van der Waals surface area contributed by atoms with E-state index in [0.717, 1.165) is 16.6 Å². The highest BCUT2D eigenvalue weighted by atomic mass is 14.9. The van der Waals surface area contributed by atoms with Gasteiger partial charge in [-0.1, -0.05) is 5.92 Å². The summed E-state index contributed by atoms with van der Waals surface area (Å²) in [6, 6.07) is 0. The lowest BCUT2D eigenvalue weighted by Gasteiger charge is -1.84. The van der Waals surface area contributed by atoms with Gasteiger partial charge in [-0.15, -0.1) is 6.42 Å². The lowest BCUT2D eigenvalue weighted by atomic mass is 10.3. The normalized spacial score (nSPS) is 9.73. The monoisotopic (exact) mass is 142 g/mol. The fraction of sp³-hybridized carbons (Fsp3) is 0. The fourth-order valence-corrected chi connectivity index (χ4v) is 0.938. The minimum Gasteiger partial charge on any atom is -0.345 e. The summed E-state index contributed by atoms with van der Waals surface area (Å²) < 4.78 is 0. The summed E-state index contributed by atoms with van der Waals surface area (Å²) in [6.07, 6.45) is 11.1. The van der Waals surface area contributed by atoms with E-state index < -0.39 is 0 Å². The highest BCUT2D eigenvalue weighted by Gasteiger charge is 1.99. The van der Waals surface area contributed by atoms with Crippen molar-refractivity contribution in [1.82, 2.24) is 15.0 Å². The molecule has 0 bridgehead atoms. The lowest BCUT2D eigenvalue weighted by molar-refractivity contribution is 1.18. The van der Waals surface area contributed by atoms with Crippen LogP contribution in [0.3, 0.4) is 0 Å². The number of aromatic amines is 1. The number of hydrogen-bond acceptors (Lipinski definition) is 2. The number of rotatable bonds is 0. The van der Waals surface area contributed by atoms with Crippen molar-refractivity contribution in [1.29, 1.82) is 0 Å². The highest BCUT2D eigenvalue weighted by Crippen LogP contribution is 2.11. The zero-order chi connectivity index (χ0) is 7.68. The molecule has 0 aliphatic rings. The molecule has 1 radical (unpaired) electrons. The number of aromatic nitrogens is 3. The van der Waals surface area contributed by atoms with Crippen molar-refractivity contribution in [3.05, 3.63) is 24.3 Å². The molecule has 1 N–H and O–H groups in total. The number of nitrogens with one attached hydrogen (secondary N) is 1. The maximum atomic E-state index is 5.22. The Hall–Kier alpha value is -1.82. The summed E-state index contributed by atoms with van der Waals surface area (Å²) >= 11 is 0. The first-order chi connectivity index (χ1) is 5.42. The molecule has 0 amide bonds. The molecule has 51 valence electrons. The van der Waals surface area contributed by atoms with Crippen LogP contribution in [0, 0.1) is 18.7 Å². The third kappa shape index (κ3) is 0.767. The van der Waals surface area contributed by atoms with E-state index in [9.17, 15) is 0 Å². The topological polar surface area (TPSA) is 41.6 Å². The Morgan fingerprint density at radius 2 is 2.55 bits per heavy atom. The van der Waals surface area contributed by atoms with Crippen molar-refractivity contribution < 1.29 is 0 Å². The predicted octanol–water partition coefficient (Wildman–Crippen LogP) is 0.739. The van der Waals surface area contributed by atoms with Gasteiger partial charge < -0.3 is 4.98 Å². The molecule has 2 aromatic heterocycles. The molecule has 11 heavy (non-hydrogen) atoms. The molecule has 0 fully saturated rings. The van der Waals surface area contributed by atoms with Crippen molar-refractivity contribution in [2.24, 2.45) is 0 Å². The summed E-state index contributed by atoms with van der Waals surface area (Å²) in [6.45, 7) is 0. The summed E-state index contributed by atoms with van der Waals surface area (Å²) in [7, 11) is 0. The minimum atomic E-state index is 0.730. The Kier molecular flexibility index (Phi) is 1.13. The Bertz CT molecular complexity index is 422. The third-order valence-corrected chi connectivity index (χ3v) is 1.47. The zero-order valence-corrected chi connectivity index (χ0v) is 5.63. The van der Waals surface area contributed by atoms with Gasteiger partial charge in [-0.05, 0) is 0 Å². The predicted molar refractivity (Wildman–Crippen MR) is 40.7 cm³/mol. The molecule has 0 saturated carbocycles. The second kappa shape index (κ2) is 2.10. The maximum Gasteiger partial charge on any atom is 0.199 e. The molecule has 2 aromatic rings. The molecule has 0 saturated heterocycles. The van der Waals surface area contributed by atoms with Crippen molar-refractivity contribution >= 4 is 11.0 Å². The van der Waals surface area contributed by atoms with Crippen LogP contribution in [0.25, 0.3) is 11.0 Å². The van der Waals surface area contributed by atoms with E-state index in [-0.39, 0.29) is 0 Å². The Labute approximate surface area is 63.5 Å². The Morgan fingerprint density at radius 3 is 3.36 bits per heavy atom. The van der Waals surface area contributed by atoms with Crippen LogP contribution in [0.4, 0.5) is 0 Å². The smallest absolute Gasteiger partial charge is 0.199 e. The van der Waals surface area contributed by atoms with Crippen molar-refractivity contribution in [2.75, 3.05) is 0 Å². The Balaban J connectivity index is 2.89. The van der Waals surface area contributed by atoms with Crippen molar-refractivity contribution in [3.8, 4) is 12.3 Å². The fourth-order valence-electron chi connectivity index (χ4n) is 0.938. The first-order valence-electron chi connectivity index (χ1n) is 3.08. The molecule has 0 aliphatic carbocycles. The van der Waals surface area contributed by atoms with Gasteiger partial charge in [0, 0.05) is 12.4 Å². The molecule has 0 aliphatic heterocycles. The van der Waals surface area contributed by atoms with Crippen molar-refractivity contribution in [3.63, 3.8) is 0 Å². The van der Waals surface area contributed by atoms with Gasteiger partial charge in [0.25, 0.3) is 0 Å². The quantitative estimate of drug-likeness (QED) is 0.551. The van der Waals surface area contributed by atoms with Crippen LogP contribution in [-0.4, -0.2) is 15.0 Å². The van der Waals surface area contributed by atoms with E-state index in [1.807, 2.05) is 0 Å². The first kappa shape index (κ1) is 5.93. The number of hydrogen-bond donors (Lipinski definition) is 1. The van der Waals surface area contributed by atoms with Gasteiger partial charge in [-0.25, -0.2) is 9.97 Å². The number of H-pyrrole nitrogens is 1. The largest absolute Gasteiger partial charge is 0.345 e. The molecule has 0 unspecified atom stereocenters. The van der Waals surface area contributed by atoms with E-state index >= 15 is 0 Å². The van der Waals surface area contributed by atoms with Crippen molar-refractivity contribution in [2.45, 2.75) is 0 Å². The van der Waals surface area contributed by atoms with Gasteiger partial charge >= 0.3 is 0 Å². The molecule has 0 aromatic carbocycles. The first-order valence-corrected chi connectivity index (χ1v) is 3.08. The van der Waals surface area contributed by atoms with Gasteiger partial charge in [0.15, 0.2) is 6.33 Å². The van der Waals surface area contributed by atoms with Gasteiger partial charge in [-0.2, -0.15) is 0 Å². The van der Waals surface area contributed by atoms with E-state index in [0.29, 0.717) is 0 Å². The molecular formula is C8H4N3. The van der Waals surface area contributed by atoms with Crippen LogP contribution in [0.5, 0.6) is 0 Å². The molecule has 3 heteroatoms. The van der Waals surface area contributed by atoms with Crippen LogP contribution >= 0.6 is 0 Å². The molecule has 0 atom stereocenters. The maximum absolute atomic E-state index is 5.22. The summed E-state index contributed by atoms with van der Waals surface area (Å²) in [4.78, 5) is 10.5. The minimum absolute atomic E-state index is 0.730. The van der Waals surface area contributed by atoms with Crippen LogP contribution in [0.15, 0.2) is 12.4 Å². The van der Waals surface area contributed by atoms with Crippen LogP contribution < -0.4 is 0 Å². The Morgan fingerprint density at radius 1 is 1.64 bits per heavy atom. The van der Waals surface area contributed by atoms with Gasteiger partial charge in [0.05, 0.1) is 10.9 Å². The second-order valence-corrected chi connectivity index (χ2v) is 2.08. The average Bonchev–Trinajstić information content (AvgIpc) is 2.47. The highest BCUT2D eigenvalue weighted by molar-refractivity contribution is 5.81. The van der Waals surface area contributed by atoms with E-state index in [4.69, 9.17) is 6.42 Å². The molecule has 2 rings (SSSR count). The van der Waals surface area contributed by atoms with E-state index in [1.165, 1.54) is 0 Å². The second-order valence-electron chi connectivity index (χ2n) is 2.08. The van der Waals surface area contributed by atoms with Crippen LogP contribution in [0.1, 0.15) is 5.56 Å². The molecule has 2 heterocycles. The number of nitrogens with zero attached hydrogens (tertiary/aromatic N) is 2. The molecule has 0 spiro atoms. The SMILES string of the molecule is C#Cc1c[nH]c2n[c]ncc12. The van der Waals surface area contributed by atoms with Gasteiger partial charge in [0.2, 0.25) is 0 Å². The standard InChI is InChI=1S/C8H4N3/c1-2-6-3-10-8-7(6)4-9-5-11-8/h1,3-4H,(H,9,10,11). The summed E-state index contributed by atoms with van der Waals surface area (Å²) in [5.41, 5.74) is 1.52. The van der Waals surface area contributed by atoms with Crippen LogP contribution in [-0.2, 0) is 0 Å². The van der Waals surface area contributed by atoms with E-state index in [2.05, 4.69) is 27.2 Å². The number of fused-ring (bicyclic) bond motifs is 1. The zero-order valence-electron chi connectivity index (χ0n) is 5.63. The molecule has 3 nitrogen and oxygen atoms in total. The number of terminal acetylenes is 1. The van der Waals surface area contributed by atoms with E-state index in [1.54, 1.807) is 12.4 Å². The summed E-state index contributed by atoms with van der Waals surface area (Å²) in [5, 5.41) is 0.867. The van der Waals surface area contributed by atoms with Gasteiger partial charge in [0.1, 0.15) is 5.65 Å².